The minimum absolute atomic E-state index is 0.671. The summed E-state index contributed by atoms with van der Waals surface area (Å²) in [5.74, 6) is 2.16. The van der Waals surface area contributed by atoms with Gasteiger partial charge in [-0.05, 0) is 32.0 Å². The van der Waals surface area contributed by atoms with Gasteiger partial charge in [-0.2, -0.15) is 5.10 Å². The number of rotatable bonds is 5. The maximum Gasteiger partial charge on any atom is 0.175 e. The lowest BCUT2D eigenvalue weighted by atomic mass is 10.2. The smallest absolute Gasteiger partial charge is 0.175 e. The molecule has 0 saturated heterocycles. The van der Waals surface area contributed by atoms with Crippen LogP contribution < -0.4 is 0 Å². The monoisotopic (exact) mass is 363 g/mol. The molecule has 0 amide bonds. The van der Waals surface area contributed by atoms with Crippen molar-refractivity contribution >= 4 is 11.8 Å². The highest BCUT2D eigenvalue weighted by molar-refractivity contribution is 7.98. The van der Waals surface area contributed by atoms with Gasteiger partial charge < -0.3 is 4.52 Å². The molecule has 3 heterocycles. The van der Waals surface area contributed by atoms with Crippen molar-refractivity contribution in [2.75, 3.05) is 0 Å². The van der Waals surface area contributed by atoms with E-state index in [4.69, 9.17) is 4.52 Å². The van der Waals surface area contributed by atoms with Crippen LogP contribution in [-0.4, -0.2) is 25.1 Å². The van der Waals surface area contributed by atoms with Crippen molar-refractivity contribution < 1.29 is 4.52 Å². The Morgan fingerprint density at radius 1 is 1.00 bits per heavy atom. The van der Waals surface area contributed by atoms with E-state index in [2.05, 4.69) is 20.5 Å². The van der Waals surface area contributed by atoms with E-state index in [9.17, 15) is 0 Å². The van der Waals surface area contributed by atoms with Gasteiger partial charge in [0, 0.05) is 23.1 Å². The molecule has 6 nitrogen and oxygen atoms in total. The molecule has 4 rings (SSSR count). The predicted molar refractivity (Wildman–Crippen MR) is 100 cm³/mol. The van der Waals surface area contributed by atoms with Crippen LogP contribution in [0.5, 0.6) is 0 Å². The zero-order chi connectivity index (χ0) is 17.9. The zero-order valence-corrected chi connectivity index (χ0v) is 15.3. The summed E-state index contributed by atoms with van der Waals surface area (Å²) in [6.07, 6.45) is 0. The molecule has 0 aliphatic rings. The van der Waals surface area contributed by atoms with Crippen molar-refractivity contribution in [1.82, 2.24) is 25.1 Å². The van der Waals surface area contributed by atoms with Crippen LogP contribution in [-0.2, 0) is 5.75 Å². The Bertz CT molecular complexity index is 1010. The van der Waals surface area contributed by atoms with Crippen LogP contribution in [0, 0.1) is 13.8 Å². The molecule has 0 aliphatic heterocycles. The van der Waals surface area contributed by atoms with Crippen molar-refractivity contribution in [3.63, 3.8) is 0 Å². The summed E-state index contributed by atoms with van der Waals surface area (Å²) in [7, 11) is 0. The number of thioether (sulfide) groups is 1. The molecule has 4 aromatic rings. The van der Waals surface area contributed by atoms with Gasteiger partial charge in [0.2, 0.25) is 0 Å². The standard InChI is InChI=1S/C19H17N5OS/c1-13-10-14(2)24(22-13)18-8-9-19(21-20-18)26-12-16-11-17(25-23-16)15-6-4-3-5-7-15/h3-11H,12H2,1-2H3. The number of benzene rings is 1. The second-order valence-corrected chi connectivity index (χ2v) is 6.90. The molecular formula is C19H17N5OS. The van der Waals surface area contributed by atoms with Crippen molar-refractivity contribution in [3.05, 3.63) is 71.7 Å². The van der Waals surface area contributed by atoms with Crippen LogP contribution >= 0.6 is 11.8 Å². The van der Waals surface area contributed by atoms with Gasteiger partial charge in [-0.25, -0.2) is 4.68 Å². The van der Waals surface area contributed by atoms with Gasteiger partial charge in [0.05, 0.1) is 11.4 Å². The maximum absolute atomic E-state index is 5.42. The number of nitrogens with zero attached hydrogens (tertiary/aromatic N) is 5. The largest absolute Gasteiger partial charge is 0.356 e. The Morgan fingerprint density at radius 3 is 2.54 bits per heavy atom. The fraction of sp³-hybridized carbons (Fsp3) is 0.158. The summed E-state index contributed by atoms with van der Waals surface area (Å²) in [5.41, 5.74) is 3.89. The molecular weight excluding hydrogens is 346 g/mol. The lowest BCUT2D eigenvalue weighted by Crippen LogP contribution is -2.03. The Kier molecular flexibility index (Phi) is 4.53. The zero-order valence-electron chi connectivity index (χ0n) is 14.5. The summed E-state index contributed by atoms with van der Waals surface area (Å²) < 4.78 is 7.21. The van der Waals surface area contributed by atoms with Gasteiger partial charge in [-0.15, -0.1) is 10.2 Å². The van der Waals surface area contributed by atoms with Crippen LogP contribution in [0.4, 0.5) is 0 Å². The van der Waals surface area contributed by atoms with Crippen LogP contribution in [0.15, 0.2) is 64.1 Å². The first-order valence-corrected chi connectivity index (χ1v) is 9.19. The van der Waals surface area contributed by atoms with E-state index in [1.165, 1.54) is 0 Å². The SMILES string of the molecule is Cc1cc(C)n(-c2ccc(SCc3cc(-c4ccccc4)on3)nn2)n1. The molecule has 26 heavy (non-hydrogen) atoms. The number of hydrogen-bond acceptors (Lipinski definition) is 6. The highest BCUT2D eigenvalue weighted by atomic mass is 32.2. The first-order chi connectivity index (χ1) is 12.7. The lowest BCUT2D eigenvalue weighted by Gasteiger charge is -2.03. The Hall–Kier alpha value is -2.93. The van der Waals surface area contributed by atoms with Gasteiger partial charge in [0.15, 0.2) is 11.6 Å². The van der Waals surface area contributed by atoms with Crippen molar-refractivity contribution in [1.29, 1.82) is 0 Å². The van der Waals surface area contributed by atoms with E-state index < -0.39 is 0 Å². The Labute approximate surface area is 155 Å². The summed E-state index contributed by atoms with van der Waals surface area (Å²) in [4.78, 5) is 0. The van der Waals surface area contributed by atoms with Crippen molar-refractivity contribution in [2.45, 2.75) is 24.6 Å². The molecule has 0 radical (unpaired) electrons. The van der Waals surface area contributed by atoms with Gasteiger partial charge in [0.25, 0.3) is 0 Å². The highest BCUT2D eigenvalue weighted by Gasteiger charge is 2.09. The molecule has 0 unspecified atom stereocenters. The van der Waals surface area contributed by atoms with Gasteiger partial charge in [-0.1, -0.05) is 47.3 Å². The summed E-state index contributed by atoms with van der Waals surface area (Å²) in [6, 6.07) is 17.8. The molecule has 0 saturated carbocycles. The van der Waals surface area contributed by atoms with Crippen LogP contribution in [0.25, 0.3) is 17.1 Å². The summed E-state index contributed by atoms with van der Waals surface area (Å²) in [6.45, 7) is 3.96. The second-order valence-electron chi connectivity index (χ2n) is 5.91. The number of hydrogen-bond donors (Lipinski definition) is 0. The van der Waals surface area contributed by atoms with E-state index in [1.807, 2.05) is 68.4 Å². The van der Waals surface area contributed by atoms with Crippen LogP contribution in [0.1, 0.15) is 17.1 Å². The van der Waals surface area contributed by atoms with Gasteiger partial charge in [-0.3, -0.25) is 0 Å². The van der Waals surface area contributed by atoms with Crippen LogP contribution in [0.2, 0.25) is 0 Å². The molecule has 0 N–H and O–H groups in total. The molecule has 7 heteroatoms. The third kappa shape index (κ3) is 3.52. The number of aromatic nitrogens is 5. The second kappa shape index (κ2) is 7.13. The van der Waals surface area contributed by atoms with Crippen molar-refractivity contribution in [3.8, 4) is 17.1 Å². The average Bonchev–Trinajstić information content (AvgIpc) is 3.27. The molecule has 3 aromatic heterocycles. The third-order valence-corrected chi connectivity index (χ3v) is 4.79. The molecule has 0 atom stereocenters. The quantitative estimate of drug-likeness (QED) is 0.494. The first kappa shape index (κ1) is 16.5. The maximum atomic E-state index is 5.42. The van der Waals surface area contributed by atoms with E-state index in [0.717, 1.165) is 33.4 Å². The Balaban J connectivity index is 1.42. The molecule has 0 bridgehead atoms. The number of aryl methyl sites for hydroxylation is 2. The molecule has 1 aromatic carbocycles. The van der Waals surface area contributed by atoms with Gasteiger partial charge in [0.1, 0.15) is 5.03 Å². The minimum Gasteiger partial charge on any atom is -0.356 e. The highest BCUT2D eigenvalue weighted by Crippen LogP contribution is 2.24. The van der Waals surface area contributed by atoms with E-state index in [-0.39, 0.29) is 0 Å². The summed E-state index contributed by atoms with van der Waals surface area (Å²) in [5, 5.41) is 17.9. The summed E-state index contributed by atoms with van der Waals surface area (Å²) >= 11 is 1.57. The fourth-order valence-corrected chi connectivity index (χ4v) is 3.32. The van der Waals surface area contributed by atoms with Gasteiger partial charge >= 0.3 is 0 Å². The minimum atomic E-state index is 0.671. The molecule has 130 valence electrons. The topological polar surface area (TPSA) is 69.6 Å². The normalized spacial score (nSPS) is 11.0. The van der Waals surface area contributed by atoms with Crippen molar-refractivity contribution in [2.24, 2.45) is 0 Å². The van der Waals surface area contributed by atoms with E-state index in [1.54, 1.807) is 16.4 Å². The van der Waals surface area contributed by atoms with E-state index in [0.29, 0.717) is 11.6 Å². The fourth-order valence-electron chi connectivity index (χ4n) is 2.63. The lowest BCUT2D eigenvalue weighted by molar-refractivity contribution is 0.426. The Morgan fingerprint density at radius 2 is 1.85 bits per heavy atom. The molecule has 0 aliphatic carbocycles. The average molecular weight is 363 g/mol. The molecule has 0 fully saturated rings. The predicted octanol–water partition coefficient (Wildman–Crippen LogP) is 4.23. The van der Waals surface area contributed by atoms with E-state index >= 15 is 0 Å². The van der Waals surface area contributed by atoms with Crippen LogP contribution in [0.3, 0.4) is 0 Å². The first-order valence-electron chi connectivity index (χ1n) is 8.20. The third-order valence-electron chi connectivity index (χ3n) is 3.84. The molecule has 0 spiro atoms.